The molecular weight excluding hydrogens is 294 g/mol. The summed E-state index contributed by atoms with van der Waals surface area (Å²) in [6.45, 7) is 7.94. The molecule has 2 bridgehead atoms. The van der Waals surface area contributed by atoms with Crippen molar-refractivity contribution >= 4 is 0 Å². The maximum atomic E-state index is 11.7. The van der Waals surface area contributed by atoms with Crippen molar-refractivity contribution in [1.29, 1.82) is 0 Å². The summed E-state index contributed by atoms with van der Waals surface area (Å²) >= 11 is 0. The number of hydrogen-bond acceptors (Lipinski definition) is 2. The van der Waals surface area contributed by atoms with Crippen LogP contribution in [0, 0.1) is 24.7 Å². The zero-order valence-electron chi connectivity index (χ0n) is 14.9. The van der Waals surface area contributed by atoms with Gasteiger partial charge in [0, 0.05) is 17.9 Å². The van der Waals surface area contributed by atoms with E-state index in [1.807, 2.05) is 0 Å². The van der Waals surface area contributed by atoms with E-state index in [1.165, 1.54) is 37.1 Å². The zero-order chi connectivity index (χ0) is 16.7. The minimum absolute atomic E-state index is 0.300. The molecule has 0 amide bonds. The molecular formula is C22H29NO. The number of allylic oxidation sites excluding steroid dienone is 3. The summed E-state index contributed by atoms with van der Waals surface area (Å²) in [5, 5.41) is 11.7. The second-order valence-electron chi connectivity index (χ2n) is 8.03. The van der Waals surface area contributed by atoms with Gasteiger partial charge in [-0.05, 0) is 55.8 Å². The lowest BCUT2D eigenvalue weighted by molar-refractivity contribution is -0.0576. The first kappa shape index (κ1) is 16.1. The van der Waals surface area contributed by atoms with Gasteiger partial charge in [-0.1, -0.05) is 55.5 Å². The molecule has 2 heteroatoms. The Morgan fingerprint density at radius 3 is 2.54 bits per heavy atom. The third kappa shape index (κ3) is 2.39. The molecule has 4 atom stereocenters. The molecule has 24 heavy (non-hydrogen) atoms. The molecule has 3 heterocycles. The van der Waals surface area contributed by atoms with Crippen LogP contribution in [0.3, 0.4) is 0 Å². The fourth-order valence-electron chi connectivity index (χ4n) is 5.40. The summed E-state index contributed by atoms with van der Waals surface area (Å²) < 4.78 is 0. The van der Waals surface area contributed by atoms with Gasteiger partial charge >= 0.3 is 0 Å². The van der Waals surface area contributed by atoms with Gasteiger partial charge in [0.15, 0.2) is 0 Å². The third-order valence-electron chi connectivity index (χ3n) is 6.85. The summed E-state index contributed by atoms with van der Waals surface area (Å²) in [6.07, 6.45) is 11.0. The number of nitrogens with zero attached hydrogens (tertiary/aromatic N) is 1. The molecule has 0 unspecified atom stereocenters. The Kier molecular flexibility index (Phi) is 4.14. The molecule has 1 N–H and O–H groups in total. The maximum absolute atomic E-state index is 11.7. The normalized spacial score (nSPS) is 39.1. The Balaban J connectivity index is 1.78. The molecule has 1 aromatic carbocycles. The van der Waals surface area contributed by atoms with Crippen LogP contribution >= 0.6 is 0 Å². The number of piperidine rings is 3. The number of aliphatic hydroxyl groups excluding tert-OH is 1. The molecule has 2 nitrogen and oxygen atoms in total. The smallest absolute Gasteiger partial charge is 0.0720 e. The first-order valence-corrected chi connectivity index (χ1v) is 9.45. The number of fused-ring (bicyclic) bond motifs is 3. The molecule has 0 spiro atoms. The van der Waals surface area contributed by atoms with Crippen molar-refractivity contribution in [2.45, 2.75) is 38.2 Å². The van der Waals surface area contributed by atoms with Crippen molar-refractivity contribution in [2.75, 3.05) is 19.6 Å². The average molecular weight is 323 g/mol. The van der Waals surface area contributed by atoms with E-state index < -0.39 is 0 Å². The summed E-state index contributed by atoms with van der Waals surface area (Å²) in [5.41, 5.74) is 2.27. The van der Waals surface area contributed by atoms with Gasteiger partial charge in [0.1, 0.15) is 0 Å². The predicted octanol–water partition coefficient (Wildman–Crippen LogP) is 3.70. The highest BCUT2D eigenvalue weighted by molar-refractivity contribution is 5.44. The molecule has 4 aliphatic rings. The highest BCUT2D eigenvalue weighted by Gasteiger charge is 2.50. The average Bonchev–Trinajstić information content (AvgIpc) is 2.63. The number of hydrogen-bond donors (Lipinski definition) is 1. The topological polar surface area (TPSA) is 23.5 Å². The molecule has 3 fully saturated rings. The fourth-order valence-corrected chi connectivity index (χ4v) is 5.40. The van der Waals surface area contributed by atoms with Crippen LogP contribution in [-0.2, 0) is 5.41 Å². The molecule has 1 aliphatic carbocycles. The minimum atomic E-state index is -0.331. The van der Waals surface area contributed by atoms with Crippen molar-refractivity contribution in [3.63, 3.8) is 0 Å². The summed E-state index contributed by atoms with van der Waals surface area (Å²) in [5.74, 6) is 1.36. The molecule has 0 saturated carbocycles. The maximum Gasteiger partial charge on any atom is 0.0720 e. The Bertz CT molecular complexity index is 656. The molecule has 1 aromatic rings. The van der Waals surface area contributed by atoms with Gasteiger partial charge in [-0.15, -0.1) is 0 Å². The van der Waals surface area contributed by atoms with E-state index in [1.54, 1.807) is 0 Å². The highest BCUT2D eigenvalue weighted by atomic mass is 16.3. The molecule has 0 radical (unpaired) electrons. The van der Waals surface area contributed by atoms with Gasteiger partial charge in [-0.25, -0.2) is 0 Å². The van der Waals surface area contributed by atoms with Gasteiger partial charge in [0.05, 0.1) is 6.10 Å². The van der Waals surface area contributed by atoms with Crippen LogP contribution in [0.5, 0.6) is 0 Å². The standard InChI is InChI=1S/C22H29NO/c1-16-7-3-4-9-20(16)22(12-6-5-8-17(22)2)21(24)19-15-23-13-10-18(19)11-14-23/h3-9,12,17-19,21,24H,10-11,13-15H2,1-2H3/t17-,19+,21-,22+/m1/s1. The molecule has 3 aliphatic heterocycles. The number of aryl methyl sites for hydroxylation is 1. The predicted molar refractivity (Wildman–Crippen MR) is 99.0 cm³/mol. The lowest BCUT2D eigenvalue weighted by atomic mass is 9.58. The quantitative estimate of drug-likeness (QED) is 0.917. The van der Waals surface area contributed by atoms with Crippen LogP contribution in [0.4, 0.5) is 0 Å². The van der Waals surface area contributed by atoms with Gasteiger partial charge in [0.2, 0.25) is 0 Å². The van der Waals surface area contributed by atoms with Gasteiger partial charge < -0.3 is 10.0 Å². The van der Waals surface area contributed by atoms with Crippen molar-refractivity contribution in [3.05, 3.63) is 59.7 Å². The van der Waals surface area contributed by atoms with Crippen LogP contribution in [-0.4, -0.2) is 35.7 Å². The van der Waals surface area contributed by atoms with E-state index in [2.05, 4.69) is 67.3 Å². The van der Waals surface area contributed by atoms with E-state index in [4.69, 9.17) is 0 Å². The van der Waals surface area contributed by atoms with E-state index >= 15 is 0 Å². The van der Waals surface area contributed by atoms with Crippen LogP contribution in [0.25, 0.3) is 0 Å². The second-order valence-corrected chi connectivity index (χ2v) is 8.03. The molecule has 0 aromatic heterocycles. The zero-order valence-corrected chi connectivity index (χ0v) is 14.9. The number of aliphatic hydroxyl groups is 1. The molecule has 3 saturated heterocycles. The van der Waals surface area contributed by atoms with Gasteiger partial charge in [0.25, 0.3) is 0 Å². The Hall–Kier alpha value is -1.38. The lowest BCUT2D eigenvalue weighted by Crippen LogP contribution is -2.57. The van der Waals surface area contributed by atoms with Gasteiger partial charge in [-0.2, -0.15) is 0 Å². The SMILES string of the molecule is Cc1ccccc1[C@]1([C@H](O)[C@H]2CN3CCC2CC3)C=CC=C[C@H]1C. The van der Waals surface area contributed by atoms with E-state index in [0.717, 1.165) is 6.54 Å². The monoisotopic (exact) mass is 323 g/mol. The van der Waals surface area contributed by atoms with Crippen molar-refractivity contribution in [1.82, 2.24) is 4.90 Å². The van der Waals surface area contributed by atoms with E-state index in [-0.39, 0.29) is 11.5 Å². The van der Waals surface area contributed by atoms with Crippen LogP contribution in [0.15, 0.2) is 48.6 Å². The van der Waals surface area contributed by atoms with Gasteiger partial charge in [-0.3, -0.25) is 0 Å². The molecule has 5 rings (SSSR count). The fraction of sp³-hybridized carbons (Fsp3) is 0.545. The van der Waals surface area contributed by atoms with Crippen LogP contribution in [0.1, 0.15) is 30.9 Å². The Morgan fingerprint density at radius 1 is 1.17 bits per heavy atom. The minimum Gasteiger partial charge on any atom is -0.391 e. The Morgan fingerprint density at radius 2 is 1.92 bits per heavy atom. The Labute approximate surface area is 145 Å². The largest absolute Gasteiger partial charge is 0.391 e. The summed E-state index contributed by atoms with van der Waals surface area (Å²) in [4.78, 5) is 2.55. The second kappa shape index (κ2) is 6.16. The van der Waals surface area contributed by atoms with Crippen molar-refractivity contribution in [3.8, 4) is 0 Å². The molecule has 128 valence electrons. The van der Waals surface area contributed by atoms with Crippen molar-refractivity contribution < 1.29 is 5.11 Å². The van der Waals surface area contributed by atoms with Crippen LogP contribution < -0.4 is 0 Å². The van der Waals surface area contributed by atoms with E-state index in [0.29, 0.717) is 17.8 Å². The number of benzene rings is 1. The first-order chi connectivity index (χ1) is 11.6. The highest BCUT2D eigenvalue weighted by Crippen LogP contribution is 2.47. The summed E-state index contributed by atoms with van der Waals surface area (Å²) in [6, 6.07) is 8.62. The van der Waals surface area contributed by atoms with E-state index in [9.17, 15) is 5.11 Å². The van der Waals surface area contributed by atoms with Crippen LogP contribution in [0.2, 0.25) is 0 Å². The lowest BCUT2D eigenvalue weighted by Gasteiger charge is -2.52. The first-order valence-electron chi connectivity index (χ1n) is 9.45. The summed E-state index contributed by atoms with van der Waals surface area (Å²) in [7, 11) is 0. The number of rotatable bonds is 3. The third-order valence-corrected chi connectivity index (χ3v) is 6.85. The van der Waals surface area contributed by atoms with Crippen molar-refractivity contribution in [2.24, 2.45) is 17.8 Å².